The molecule has 2 aliphatic rings. The predicted molar refractivity (Wildman–Crippen MR) is 158 cm³/mol. The zero-order valence-corrected chi connectivity index (χ0v) is 23.8. The highest BCUT2D eigenvalue weighted by atomic mass is 79.9. The number of hydrogen-bond acceptors (Lipinski definition) is 6. The van der Waals surface area contributed by atoms with Gasteiger partial charge < -0.3 is 4.74 Å². The molecule has 1 aliphatic heterocycles. The van der Waals surface area contributed by atoms with Crippen LogP contribution >= 0.6 is 27.5 Å². The van der Waals surface area contributed by atoms with Crippen molar-refractivity contribution in [3.05, 3.63) is 120 Å². The molecule has 1 unspecified atom stereocenters. The Morgan fingerprint density at radius 3 is 2.49 bits per heavy atom. The van der Waals surface area contributed by atoms with Crippen LogP contribution in [-0.4, -0.2) is 30.1 Å². The Labute approximate surface area is 246 Å². The lowest BCUT2D eigenvalue weighted by Gasteiger charge is -2.22. The van der Waals surface area contributed by atoms with Crippen molar-refractivity contribution >= 4 is 49.8 Å². The van der Waals surface area contributed by atoms with Crippen molar-refractivity contribution in [1.29, 1.82) is 0 Å². The van der Waals surface area contributed by atoms with Crippen molar-refractivity contribution in [2.24, 2.45) is 0 Å². The summed E-state index contributed by atoms with van der Waals surface area (Å²) in [5.74, 6) is 0.387. The highest BCUT2D eigenvalue weighted by Gasteiger charge is 2.41. The summed E-state index contributed by atoms with van der Waals surface area (Å²) in [7, 11) is 0. The second-order valence-corrected chi connectivity index (χ2v) is 11.3. The topological polar surface area (TPSA) is 101 Å². The minimum absolute atomic E-state index is 0.0767. The van der Waals surface area contributed by atoms with Crippen LogP contribution in [0, 0.1) is 0 Å². The number of allylic oxidation sites excluding steroid dienone is 2. The normalized spacial score (nSPS) is 16.2. The molecule has 3 heterocycles. The van der Waals surface area contributed by atoms with Gasteiger partial charge >= 0.3 is 0 Å². The van der Waals surface area contributed by atoms with Crippen LogP contribution in [0.25, 0.3) is 22.2 Å². The summed E-state index contributed by atoms with van der Waals surface area (Å²) in [6.45, 7) is 0.0915. The Morgan fingerprint density at radius 1 is 0.951 bits per heavy atom. The highest BCUT2D eigenvalue weighted by molar-refractivity contribution is 9.10. The number of carbonyl (C=O) groups excluding carboxylic acids is 1. The van der Waals surface area contributed by atoms with Gasteiger partial charge in [0.25, 0.3) is 11.1 Å². The first-order valence-electron chi connectivity index (χ1n) is 13.0. The van der Waals surface area contributed by atoms with Gasteiger partial charge in [-0.2, -0.15) is 0 Å². The first-order valence-corrected chi connectivity index (χ1v) is 14.2. The number of Topliss-reactive ketones (excluding diaryl/α,β-unsaturated/α-hetero) is 1. The molecule has 41 heavy (non-hydrogen) atoms. The van der Waals surface area contributed by atoms with Gasteiger partial charge in [0.1, 0.15) is 24.1 Å². The van der Waals surface area contributed by atoms with E-state index >= 15 is 0 Å². The highest BCUT2D eigenvalue weighted by Crippen LogP contribution is 2.44. The molecule has 7 rings (SSSR count). The molecule has 5 aromatic rings. The number of ketones is 1. The van der Waals surface area contributed by atoms with E-state index in [-0.39, 0.29) is 23.5 Å². The molecule has 1 atom stereocenters. The van der Waals surface area contributed by atoms with E-state index in [1.54, 1.807) is 53.3 Å². The third-order valence-electron chi connectivity index (χ3n) is 7.48. The Hall–Kier alpha value is -4.28. The average Bonchev–Trinajstić information content (AvgIpc) is 3.60. The van der Waals surface area contributed by atoms with Gasteiger partial charge in [-0.3, -0.25) is 14.4 Å². The van der Waals surface area contributed by atoms with Gasteiger partial charge in [0.2, 0.25) is 0 Å². The standard InChI is InChI=1S/C30H21BrClN5O4/c31-17-8-13-26(41-16-19-15-35(34-33-19)20-11-9-18(32)10-12-20)23(14-17)28-27-24(6-3-7-25(27)38)36-29(39)21-4-1-2-5-22(21)30(40)37(28)36/h1-2,4-5,8-15,28H,3,6-7,16H2. The smallest absolute Gasteiger partial charge is 0.277 e. The molecule has 0 saturated heterocycles. The summed E-state index contributed by atoms with van der Waals surface area (Å²) in [6.07, 6.45) is 3.24. The van der Waals surface area contributed by atoms with Crippen LogP contribution in [0.15, 0.2) is 92.6 Å². The SMILES string of the molecule is O=C1CCCC2=C1C(c1cc(Br)ccc1OCc1cn(-c3ccc(Cl)cc3)nn1)n1c(=O)c3ccccc3c(=O)n12. The quantitative estimate of drug-likeness (QED) is 0.261. The van der Waals surface area contributed by atoms with Gasteiger partial charge in [-0.05, 0) is 67.4 Å². The number of aromatic nitrogens is 5. The lowest BCUT2D eigenvalue weighted by molar-refractivity contribution is -0.116. The van der Waals surface area contributed by atoms with E-state index in [0.29, 0.717) is 63.3 Å². The molecule has 3 aromatic carbocycles. The first kappa shape index (κ1) is 25.7. The van der Waals surface area contributed by atoms with E-state index < -0.39 is 6.04 Å². The van der Waals surface area contributed by atoms with Crippen molar-refractivity contribution in [1.82, 2.24) is 24.4 Å². The minimum atomic E-state index is -0.820. The Morgan fingerprint density at radius 2 is 1.71 bits per heavy atom. The monoisotopic (exact) mass is 629 g/mol. The van der Waals surface area contributed by atoms with E-state index in [2.05, 4.69) is 26.2 Å². The lowest BCUT2D eigenvalue weighted by Crippen LogP contribution is -2.37. The second kappa shape index (κ2) is 9.97. The Balaban J connectivity index is 1.33. The summed E-state index contributed by atoms with van der Waals surface area (Å²) in [5.41, 5.74) is 2.35. The fraction of sp³-hybridized carbons (Fsp3) is 0.167. The summed E-state index contributed by atoms with van der Waals surface area (Å²) in [4.78, 5) is 41.0. The molecule has 9 nitrogen and oxygen atoms in total. The zero-order valence-electron chi connectivity index (χ0n) is 21.5. The third kappa shape index (κ3) is 4.25. The van der Waals surface area contributed by atoms with Crippen molar-refractivity contribution in [2.75, 3.05) is 0 Å². The van der Waals surface area contributed by atoms with E-state index in [1.165, 1.54) is 9.36 Å². The number of ether oxygens (including phenoxy) is 1. The second-order valence-electron chi connectivity index (χ2n) is 9.95. The molecule has 0 bridgehead atoms. The summed E-state index contributed by atoms with van der Waals surface area (Å²) >= 11 is 9.54. The van der Waals surface area contributed by atoms with Crippen LogP contribution < -0.4 is 15.9 Å². The maximum atomic E-state index is 13.9. The molecule has 2 aromatic heterocycles. The van der Waals surface area contributed by atoms with Crippen LogP contribution in [0.3, 0.4) is 0 Å². The summed E-state index contributed by atoms with van der Waals surface area (Å²) < 4.78 is 11.4. The van der Waals surface area contributed by atoms with E-state index in [1.807, 2.05) is 24.3 Å². The number of nitrogens with zero attached hydrogens (tertiary/aromatic N) is 5. The third-order valence-corrected chi connectivity index (χ3v) is 8.23. The number of rotatable bonds is 5. The molecular weight excluding hydrogens is 610 g/mol. The predicted octanol–water partition coefficient (Wildman–Crippen LogP) is 5.31. The molecule has 0 amide bonds. The van der Waals surface area contributed by atoms with E-state index in [4.69, 9.17) is 16.3 Å². The van der Waals surface area contributed by atoms with Gasteiger partial charge in [-0.15, -0.1) is 5.10 Å². The molecular formula is C30H21BrClN5O4. The maximum absolute atomic E-state index is 13.9. The van der Waals surface area contributed by atoms with E-state index in [9.17, 15) is 14.4 Å². The summed E-state index contributed by atoms with van der Waals surface area (Å²) in [5, 5.41) is 9.67. The zero-order chi connectivity index (χ0) is 28.2. The molecule has 204 valence electrons. The fourth-order valence-electron chi connectivity index (χ4n) is 5.65. The molecule has 0 fully saturated rings. The van der Waals surface area contributed by atoms with Crippen LogP contribution in [0.5, 0.6) is 5.75 Å². The molecule has 0 radical (unpaired) electrons. The number of halogens is 2. The van der Waals surface area contributed by atoms with Crippen molar-refractivity contribution < 1.29 is 9.53 Å². The van der Waals surface area contributed by atoms with Gasteiger partial charge in [0.05, 0.1) is 28.4 Å². The van der Waals surface area contributed by atoms with Crippen LogP contribution in [-0.2, 0) is 11.4 Å². The fourth-order valence-corrected chi connectivity index (χ4v) is 6.16. The van der Waals surface area contributed by atoms with Crippen LogP contribution in [0.1, 0.15) is 36.6 Å². The molecule has 1 aliphatic carbocycles. The summed E-state index contributed by atoms with van der Waals surface area (Å²) in [6, 6.07) is 18.6. The van der Waals surface area contributed by atoms with E-state index in [0.717, 1.165) is 10.2 Å². The molecule has 0 spiro atoms. The van der Waals surface area contributed by atoms with Gasteiger partial charge in [-0.25, -0.2) is 14.0 Å². The van der Waals surface area contributed by atoms with Crippen molar-refractivity contribution in [3.63, 3.8) is 0 Å². The Bertz CT molecular complexity index is 2030. The van der Waals surface area contributed by atoms with Gasteiger partial charge in [-0.1, -0.05) is 44.9 Å². The minimum Gasteiger partial charge on any atom is -0.487 e. The number of carbonyl (C=O) groups is 1. The number of hydrogen-bond donors (Lipinski definition) is 0. The molecule has 0 N–H and O–H groups in total. The molecule has 0 saturated carbocycles. The average molecular weight is 631 g/mol. The van der Waals surface area contributed by atoms with Crippen LogP contribution in [0.2, 0.25) is 5.02 Å². The maximum Gasteiger partial charge on any atom is 0.277 e. The van der Waals surface area contributed by atoms with Gasteiger partial charge in [0.15, 0.2) is 5.78 Å². The molecule has 11 heteroatoms. The lowest BCUT2D eigenvalue weighted by atomic mass is 9.87. The van der Waals surface area contributed by atoms with Crippen LogP contribution in [0.4, 0.5) is 0 Å². The largest absolute Gasteiger partial charge is 0.487 e. The number of fused-ring (bicyclic) bond motifs is 3. The van der Waals surface area contributed by atoms with Crippen molar-refractivity contribution in [2.45, 2.75) is 31.9 Å². The van der Waals surface area contributed by atoms with Gasteiger partial charge in [0, 0.05) is 27.1 Å². The number of benzene rings is 3. The Kier molecular flexibility index (Phi) is 6.24. The van der Waals surface area contributed by atoms with Crippen molar-refractivity contribution in [3.8, 4) is 11.4 Å². The first-order chi connectivity index (χ1) is 19.9.